The number of aliphatic hydroxyl groups is 1. The van der Waals surface area contributed by atoms with Gasteiger partial charge in [0.1, 0.15) is 12.1 Å². The Hall–Kier alpha value is -1.85. The lowest BCUT2D eigenvalue weighted by Gasteiger charge is -2.28. The molecule has 0 radical (unpaired) electrons. The van der Waals surface area contributed by atoms with Gasteiger partial charge in [-0.1, -0.05) is 0 Å². The second-order valence-corrected chi connectivity index (χ2v) is 7.51. The number of carbonyl (C=O) groups is 4. The van der Waals surface area contributed by atoms with E-state index in [1.807, 2.05) is 0 Å². The maximum Gasteiger partial charge on any atom is 0.328 e. The van der Waals surface area contributed by atoms with Gasteiger partial charge in [0.15, 0.2) is 6.04 Å². The van der Waals surface area contributed by atoms with E-state index in [2.05, 4.69) is 28.6 Å². The Balaban J connectivity index is 1.99. The molecule has 5 atom stereocenters. The second kappa shape index (κ2) is 10.1. The van der Waals surface area contributed by atoms with Crippen LogP contribution in [-0.2, 0) is 19.2 Å². The van der Waals surface area contributed by atoms with E-state index in [0.29, 0.717) is 19.4 Å². The molecule has 2 heterocycles. The third-order valence-corrected chi connectivity index (χ3v) is 5.42. The summed E-state index contributed by atoms with van der Waals surface area (Å²) in [5, 5.41) is 26.4. The number of carboxylic acids is 1. The number of carbonyl (C=O) groups excluding carboxylic acids is 3. The fourth-order valence-corrected chi connectivity index (χ4v) is 3.76. The Bertz CT molecular complexity index is 610. The number of hydrogen-bond acceptors (Lipinski definition) is 7. The van der Waals surface area contributed by atoms with Crippen molar-refractivity contribution in [3.8, 4) is 0 Å². The molecule has 0 spiro atoms. The van der Waals surface area contributed by atoms with E-state index in [1.54, 1.807) is 4.90 Å². The molecule has 5 unspecified atom stereocenters. The van der Waals surface area contributed by atoms with Gasteiger partial charge in [-0.05, 0) is 39.2 Å². The summed E-state index contributed by atoms with van der Waals surface area (Å²) in [7, 11) is 0. The summed E-state index contributed by atoms with van der Waals surface area (Å²) in [6, 6.07) is -3.53. The zero-order valence-corrected chi connectivity index (χ0v) is 16.7. The normalized spacial score (nSPS) is 25.0. The second-order valence-electron chi connectivity index (χ2n) is 7.15. The van der Waals surface area contributed by atoms with Gasteiger partial charge in [0.05, 0.1) is 12.1 Å². The van der Waals surface area contributed by atoms with Gasteiger partial charge in [0, 0.05) is 12.3 Å². The third-order valence-electron chi connectivity index (χ3n) is 5.06. The number of aliphatic hydroxyl groups excluding tert-OH is 1. The van der Waals surface area contributed by atoms with Crippen LogP contribution in [-0.4, -0.2) is 87.9 Å². The van der Waals surface area contributed by atoms with Gasteiger partial charge >= 0.3 is 5.97 Å². The van der Waals surface area contributed by atoms with Crippen molar-refractivity contribution in [2.45, 2.75) is 62.9 Å². The zero-order valence-electron chi connectivity index (χ0n) is 15.8. The van der Waals surface area contributed by atoms with Crippen LogP contribution in [0.4, 0.5) is 0 Å². The summed E-state index contributed by atoms with van der Waals surface area (Å²) < 4.78 is 0. The van der Waals surface area contributed by atoms with Crippen LogP contribution in [0.5, 0.6) is 0 Å². The standard InChI is InChI=1S/C17H28N4O6S/c1-9(22)13(17(26)27)20-14(23)11(8-28)19-15(24)12-5-3-7-21(12)16(25)10-4-2-6-18-10/h9-13,18,22,28H,2-8H2,1H3,(H,19,24)(H,20,23)(H,26,27). The quantitative estimate of drug-likeness (QED) is 0.253. The van der Waals surface area contributed by atoms with Crippen molar-refractivity contribution >= 4 is 36.3 Å². The summed E-state index contributed by atoms with van der Waals surface area (Å²) in [6.07, 6.45) is 1.53. The molecule has 2 fully saturated rings. The molecule has 3 amide bonds. The van der Waals surface area contributed by atoms with Crippen LogP contribution < -0.4 is 16.0 Å². The van der Waals surface area contributed by atoms with E-state index in [9.17, 15) is 24.3 Å². The smallest absolute Gasteiger partial charge is 0.328 e. The summed E-state index contributed by atoms with van der Waals surface area (Å²) in [4.78, 5) is 50.3. The maximum atomic E-state index is 12.7. The van der Waals surface area contributed by atoms with Crippen molar-refractivity contribution < 1.29 is 29.4 Å². The van der Waals surface area contributed by atoms with Crippen molar-refractivity contribution in [3.05, 3.63) is 0 Å². The third kappa shape index (κ3) is 5.36. The molecule has 2 aliphatic heterocycles. The molecule has 0 aliphatic carbocycles. The minimum absolute atomic E-state index is 0.0609. The first-order valence-electron chi connectivity index (χ1n) is 9.42. The van der Waals surface area contributed by atoms with E-state index in [1.165, 1.54) is 6.92 Å². The number of amides is 3. The average Bonchev–Trinajstić information content (AvgIpc) is 3.34. The van der Waals surface area contributed by atoms with Gasteiger partial charge in [0.2, 0.25) is 17.7 Å². The molecule has 0 aromatic carbocycles. The van der Waals surface area contributed by atoms with Crippen molar-refractivity contribution in [2.75, 3.05) is 18.8 Å². The highest BCUT2D eigenvalue weighted by atomic mass is 32.1. The molecule has 0 saturated carbocycles. The van der Waals surface area contributed by atoms with Crippen molar-refractivity contribution in [2.24, 2.45) is 0 Å². The van der Waals surface area contributed by atoms with Gasteiger partial charge in [-0.25, -0.2) is 4.79 Å². The van der Waals surface area contributed by atoms with E-state index in [4.69, 9.17) is 5.11 Å². The van der Waals surface area contributed by atoms with Crippen LogP contribution in [0.1, 0.15) is 32.6 Å². The minimum atomic E-state index is -1.50. The molecule has 11 heteroatoms. The van der Waals surface area contributed by atoms with Crippen LogP contribution in [0.3, 0.4) is 0 Å². The fourth-order valence-electron chi connectivity index (χ4n) is 3.50. The van der Waals surface area contributed by atoms with Crippen molar-refractivity contribution in [1.29, 1.82) is 0 Å². The molecule has 158 valence electrons. The Morgan fingerprint density at radius 2 is 1.93 bits per heavy atom. The Kier molecular flexibility index (Phi) is 8.08. The maximum absolute atomic E-state index is 12.7. The van der Waals surface area contributed by atoms with E-state index in [0.717, 1.165) is 19.4 Å². The highest BCUT2D eigenvalue weighted by Crippen LogP contribution is 2.21. The van der Waals surface area contributed by atoms with Gasteiger partial charge in [-0.15, -0.1) is 0 Å². The van der Waals surface area contributed by atoms with Gasteiger partial charge in [0.25, 0.3) is 0 Å². The molecule has 10 nitrogen and oxygen atoms in total. The number of nitrogens with zero attached hydrogens (tertiary/aromatic N) is 1. The van der Waals surface area contributed by atoms with E-state index >= 15 is 0 Å². The van der Waals surface area contributed by atoms with Gasteiger partial charge < -0.3 is 31.1 Å². The zero-order chi connectivity index (χ0) is 20.8. The number of aliphatic carboxylic acids is 1. The molecule has 0 aromatic rings. The summed E-state index contributed by atoms with van der Waals surface area (Å²) in [5.41, 5.74) is 0. The summed E-state index contributed by atoms with van der Waals surface area (Å²) >= 11 is 4.06. The first-order valence-corrected chi connectivity index (χ1v) is 10.1. The monoisotopic (exact) mass is 416 g/mol. The lowest BCUT2D eigenvalue weighted by atomic mass is 10.1. The Morgan fingerprint density at radius 1 is 1.21 bits per heavy atom. The van der Waals surface area contributed by atoms with Crippen LogP contribution in [0, 0.1) is 0 Å². The lowest BCUT2D eigenvalue weighted by molar-refractivity contribution is -0.145. The number of likely N-dealkylation sites (tertiary alicyclic amines) is 1. The number of carboxylic acid groups (broad SMARTS) is 1. The van der Waals surface area contributed by atoms with Crippen molar-refractivity contribution in [3.63, 3.8) is 0 Å². The first-order chi connectivity index (χ1) is 13.3. The largest absolute Gasteiger partial charge is 0.480 e. The van der Waals surface area contributed by atoms with E-state index in [-0.39, 0.29) is 17.7 Å². The van der Waals surface area contributed by atoms with Crippen LogP contribution >= 0.6 is 12.6 Å². The number of rotatable bonds is 8. The molecule has 5 N–H and O–H groups in total. The molecular weight excluding hydrogens is 388 g/mol. The highest BCUT2D eigenvalue weighted by Gasteiger charge is 2.39. The number of hydrogen-bond donors (Lipinski definition) is 6. The predicted molar refractivity (Wildman–Crippen MR) is 103 cm³/mol. The Labute approximate surface area is 168 Å². The van der Waals surface area contributed by atoms with E-state index < -0.39 is 42.0 Å². The number of nitrogens with one attached hydrogen (secondary N) is 3. The molecule has 2 rings (SSSR count). The topological polar surface area (TPSA) is 148 Å². The molecule has 0 bridgehead atoms. The summed E-state index contributed by atoms with van der Waals surface area (Å²) in [5.74, 6) is -2.78. The van der Waals surface area contributed by atoms with Crippen molar-refractivity contribution in [1.82, 2.24) is 20.9 Å². The molecule has 0 aromatic heterocycles. The average molecular weight is 417 g/mol. The SMILES string of the molecule is CC(O)C(NC(=O)C(CS)NC(=O)C1CCCN1C(=O)C1CCCN1)C(=O)O. The lowest BCUT2D eigenvalue weighted by Crippen LogP contribution is -2.58. The Morgan fingerprint density at radius 3 is 2.46 bits per heavy atom. The fraction of sp³-hybridized carbons (Fsp3) is 0.765. The summed E-state index contributed by atoms with van der Waals surface area (Å²) in [6.45, 7) is 2.50. The first kappa shape index (κ1) is 22.4. The molecular formula is C17H28N4O6S. The molecule has 2 aliphatic rings. The van der Waals surface area contributed by atoms with Gasteiger partial charge in [-0.2, -0.15) is 12.6 Å². The molecule has 2 saturated heterocycles. The van der Waals surface area contributed by atoms with Crippen LogP contribution in [0.15, 0.2) is 0 Å². The number of thiol groups is 1. The van der Waals surface area contributed by atoms with Crippen LogP contribution in [0.25, 0.3) is 0 Å². The predicted octanol–water partition coefficient (Wildman–Crippen LogP) is -1.91. The highest BCUT2D eigenvalue weighted by molar-refractivity contribution is 7.80. The van der Waals surface area contributed by atoms with Crippen LogP contribution in [0.2, 0.25) is 0 Å². The van der Waals surface area contributed by atoms with Gasteiger partial charge in [-0.3, -0.25) is 14.4 Å². The minimum Gasteiger partial charge on any atom is -0.480 e. The molecule has 28 heavy (non-hydrogen) atoms.